The van der Waals surface area contributed by atoms with Crippen molar-refractivity contribution in [2.24, 2.45) is 7.05 Å². The van der Waals surface area contributed by atoms with Crippen molar-refractivity contribution in [2.75, 3.05) is 33.2 Å². The molecule has 0 bridgehead atoms. The van der Waals surface area contributed by atoms with Gasteiger partial charge in [0.05, 0.1) is 25.3 Å². The molecule has 2 N–H and O–H groups in total. The van der Waals surface area contributed by atoms with Crippen LogP contribution in [-0.2, 0) is 16.7 Å². The number of hydroxylamine groups is 4. The number of aryl methyl sites for hydroxylation is 1. The number of alkyl halides is 7. The number of H-pyrrole nitrogens is 1. The molecule has 4 aromatic rings. The molecule has 0 radical (unpaired) electrons. The van der Waals surface area contributed by atoms with E-state index in [-0.39, 0.29) is 46.8 Å². The monoisotopic (exact) mass is 829 g/mol. The van der Waals surface area contributed by atoms with Gasteiger partial charge in [0.1, 0.15) is 22.9 Å². The summed E-state index contributed by atoms with van der Waals surface area (Å²) in [5.74, 6) is -1.54. The molecule has 49 heavy (non-hydrogen) atoms. The van der Waals surface area contributed by atoms with E-state index in [4.69, 9.17) is 14.8 Å². The van der Waals surface area contributed by atoms with Crippen LogP contribution in [0.25, 0.3) is 21.8 Å². The number of carbonyl (C=O) groups excluding carboxylic acids is 2. The molecule has 19 heteroatoms. The molecule has 11 nitrogen and oxygen atoms in total. The molecule has 0 atom stereocenters. The van der Waals surface area contributed by atoms with Gasteiger partial charge in [0.2, 0.25) is 0 Å². The summed E-state index contributed by atoms with van der Waals surface area (Å²) in [6.07, 6.45) is -9.51. The van der Waals surface area contributed by atoms with Gasteiger partial charge >= 0.3 is 42.3 Å². The molecule has 0 fully saturated rings. The maximum Gasteiger partial charge on any atom is 1.00 e. The number of nitrogens with zero attached hydrogens (tertiary/aromatic N) is 3. The Morgan fingerprint density at radius 2 is 1.20 bits per heavy atom. The topological polar surface area (TPSA) is 118 Å². The van der Waals surface area contributed by atoms with E-state index in [1.54, 1.807) is 33.9 Å². The smallest absolute Gasteiger partial charge is 0.406 e. The van der Waals surface area contributed by atoms with Crippen LogP contribution < -0.4 is 39.0 Å². The molecule has 0 aliphatic heterocycles. The van der Waals surface area contributed by atoms with Crippen LogP contribution in [0.3, 0.4) is 0 Å². The molecular weight excluding hydrogens is 792 g/mol. The number of hydrogen-bond donors (Lipinski definition) is 2. The molecule has 2 heterocycles. The molecule has 0 aliphatic carbocycles. The SMILES string of the molecule is CC(C)(C)O.CI.CON(C)C(=O)c1cc2ccc(OC(F)(F)F)cc2[nH]1.CON(C)C(=O)c1cc2ccc(OC(F)(F)F)cc2n1C.[Na+]. The fraction of sp³-hybridized carbons (Fsp3) is 0.400. The summed E-state index contributed by atoms with van der Waals surface area (Å²) < 4.78 is 82.2. The van der Waals surface area contributed by atoms with Gasteiger partial charge in [-0.05, 0) is 62.1 Å². The number of aromatic amines is 1. The van der Waals surface area contributed by atoms with Gasteiger partial charge in [-0.1, -0.05) is 22.6 Å². The Hall–Kier alpha value is -2.75. The van der Waals surface area contributed by atoms with E-state index in [1.807, 2.05) is 4.93 Å². The van der Waals surface area contributed by atoms with E-state index in [1.165, 1.54) is 75.3 Å². The summed E-state index contributed by atoms with van der Waals surface area (Å²) in [6, 6.07) is 10.8. The fourth-order valence-electron chi connectivity index (χ4n) is 3.63. The van der Waals surface area contributed by atoms with Crippen molar-refractivity contribution >= 4 is 56.2 Å². The first-order chi connectivity index (χ1) is 22.0. The number of benzene rings is 2. The van der Waals surface area contributed by atoms with Crippen LogP contribution in [0.15, 0.2) is 48.5 Å². The van der Waals surface area contributed by atoms with Crippen LogP contribution in [0, 0.1) is 0 Å². The van der Waals surface area contributed by atoms with E-state index < -0.39 is 30.1 Å². The first-order valence-electron chi connectivity index (χ1n) is 13.5. The number of ether oxygens (including phenoxy) is 2. The third-order valence-corrected chi connectivity index (χ3v) is 5.65. The zero-order chi connectivity index (χ0) is 37.2. The first-order valence-corrected chi connectivity index (χ1v) is 15.7. The third kappa shape index (κ3) is 15.8. The molecule has 0 aliphatic rings. The van der Waals surface area contributed by atoms with Crippen LogP contribution in [-0.4, -0.2) is 88.2 Å². The minimum atomic E-state index is -4.76. The molecule has 2 aromatic carbocycles. The number of amides is 2. The molecule has 268 valence electrons. The van der Waals surface area contributed by atoms with Gasteiger partial charge in [-0.2, -0.15) is 0 Å². The van der Waals surface area contributed by atoms with Crippen LogP contribution in [0.2, 0.25) is 0 Å². The number of aromatic nitrogens is 2. The number of rotatable bonds is 6. The Bertz CT molecular complexity index is 1650. The van der Waals surface area contributed by atoms with Crippen molar-refractivity contribution < 1.29 is 89.7 Å². The Labute approximate surface area is 314 Å². The summed E-state index contributed by atoms with van der Waals surface area (Å²) in [7, 11) is 7.12. The predicted molar refractivity (Wildman–Crippen MR) is 175 cm³/mol. The van der Waals surface area contributed by atoms with Gasteiger partial charge in [0, 0.05) is 49.6 Å². The molecule has 2 amide bonds. The minimum absolute atomic E-state index is 0. The normalized spacial score (nSPS) is 11.1. The van der Waals surface area contributed by atoms with E-state index in [9.17, 15) is 35.9 Å². The predicted octanol–water partition coefficient (Wildman–Crippen LogP) is 4.24. The van der Waals surface area contributed by atoms with E-state index in [2.05, 4.69) is 37.0 Å². The second-order valence-corrected chi connectivity index (χ2v) is 10.5. The van der Waals surface area contributed by atoms with Crippen molar-refractivity contribution in [3.05, 3.63) is 59.9 Å². The van der Waals surface area contributed by atoms with Gasteiger partial charge < -0.3 is 24.1 Å². The zero-order valence-electron chi connectivity index (χ0n) is 28.5. The quantitative estimate of drug-likeness (QED) is 0.0983. The molecule has 0 spiro atoms. The van der Waals surface area contributed by atoms with Gasteiger partial charge in [-0.15, -0.1) is 26.3 Å². The molecule has 2 aromatic heterocycles. The second-order valence-electron chi connectivity index (χ2n) is 10.5. The van der Waals surface area contributed by atoms with Crippen molar-refractivity contribution in [3.8, 4) is 11.5 Å². The standard InChI is InChI=1S/C13H13F3N2O3.C12H11F3N2O3.C4H10O.CH3I.Na/c1-17-10-7-9(21-13(14,15)16)5-4-8(10)6-11(17)12(19)18(2)20-3;1-17(19-2)11(18)10-5-7-3-4-8(6-9(7)16-10)20-12(13,14)15;1-4(2,3)5;1-2;/h4-7H,1-3H3;3-6,16H,1-2H3;5H,1-3H3;1H3;/q;;;;+1. The summed E-state index contributed by atoms with van der Waals surface area (Å²) in [4.78, 5) is 38.1. The van der Waals surface area contributed by atoms with E-state index in [0.29, 0.717) is 27.5 Å². The van der Waals surface area contributed by atoms with Gasteiger partial charge in [0.25, 0.3) is 11.8 Å². The second kappa shape index (κ2) is 19.6. The van der Waals surface area contributed by atoms with Gasteiger partial charge in [-0.3, -0.25) is 19.3 Å². The first kappa shape index (κ1) is 46.2. The van der Waals surface area contributed by atoms with Crippen LogP contribution in [0.5, 0.6) is 11.5 Å². The number of nitrogens with one attached hydrogen (secondary N) is 1. The molecule has 0 saturated carbocycles. The minimum Gasteiger partial charge on any atom is -0.406 e. The maximum atomic E-state index is 12.2. The summed E-state index contributed by atoms with van der Waals surface area (Å²) >= 11 is 2.15. The molecule has 0 unspecified atom stereocenters. The van der Waals surface area contributed by atoms with E-state index in [0.717, 1.165) is 10.1 Å². The Morgan fingerprint density at radius 3 is 1.65 bits per heavy atom. The average Bonchev–Trinajstić information content (AvgIpc) is 3.55. The largest absolute Gasteiger partial charge is 1.00 e. The van der Waals surface area contributed by atoms with Crippen molar-refractivity contribution in [1.29, 1.82) is 0 Å². The van der Waals surface area contributed by atoms with Crippen molar-refractivity contribution in [2.45, 2.75) is 39.1 Å². The molecule has 4 rings (SSSR count). The van der Waals surface area contributed by atoms with Gasteiger partial charge in [0.15, 0.2) is 0 Å². The Kier molecular flexibility index (Phi) is 18.5. The van der Waals surface area contributed by atoms with Crippen LogP contribution >= 0.6 is 22.6 Å². The molecular formula is C30H37F6IN4NaO7+. The summed E-state index contributed by atoms with van der Waals surface area (Å²) in [5, 5.41) is 11.8. The Balaban J connectivity index is 0.000000779. The summed E-state index contributed by atoms with van der Waals surface area (Å²) in [6.45, 7) is 5.23. The van der Waals surface area contributed by atoms with Crippen LogP contribution in [0.4, 0.5) is 26.3 Å². The fourth-order valence-corrected chi connectivity index (χ4v) is 3.63. The zero-order valence-corrected chi connectivity index (χ0v) is 32.7. The van der Waals surface area contributed by atoms with E-state index >= 15 is 0 Å². The average molecular weight is 830 g/mol. The maximum absolute atomic E-state index is 12.2. The van der Waals surface area contributed by atoms with Gasteiger partial charge in [-0.25, -0.2) is 10.1 Å². The number of aliphatic hydroxyl groups is 1. The number of fused-ring (bicyclic) bond motifs is 2. The number of carbonyl (C=O) groups is 2. The molecule has 0 saturated heterocycles. The summed E-state index contributed by atoms with van der Waals surface area (Å²) in [5.41, 5.74) is 0.802. The van der Waals surface area contributed by atoms with Crippen molar-refractivity contribution in [3.63, 3.8) is 0 Å². The number of hydrogen-bond acceptors (Lipinski definition) is 7. The number of halogens is 7. The Morgan fingerprint density at radius 1 is 0.776 bits per heavy atom. The van der Waals surface area contributed by atoms with Crippen molar-refractivity contribution in [1.82, 2.24) is 19.7 Å². The van der Waals surface area contributed by atoms with Crippen LogP contribution in [0.1, 0.15) is 41.7 Å². The third-order valence-electron chi connectivity index (χ3n) is 5.65.